The molecule has 0 spiro atoms. The Bertz CT molecular complexity index is 670. The first-order valence-corrected chi connectivity index (χ1v) is 6.18. The minimum absolute atomic E-state index is 0.243. The Morgan fingerprint density at radius 1 is 1.47 bits per heavy atom. The zero-order valence-electron chi connectivity index (χ0n) is 10.7. The van der Waals surface area contributed by atoms with Crippen LogP contribution in [0.1, 0.15) is 6.92 Å². The number of fused-ring (bicyclic) bond motifs is 1. The molecule has 98 valence electrons. The molecule has 4 N–H and O–H groups in total. The van der Waals surface area contributed by atoms with Gasteiger partial charge in [0.2, 0.25) is 5.95 Å². The van der Waals surface area contributed by atoms with Crippen molar-refractivity contribution in [1.29, 1.82) is 0 Å². The van der Waals surface area contributed by atoms with E-state index in [1.807, 2.05) is 29.0 Å². The van der Waals surface area contributed by atoms with Crippen LogP contribution >= 0.6 is 0 Å². The van der Waals surface area contributed by atoms with E-state index < -0.39 is 0 Å². The zero-order valence-corrected chi connectivity index (χ0v) is 10.7. The van der Waals surface area contributed by atoms with Crippen molar-refractivity contribution in [3.05, 3.63) is 36.9 Å². The first-order chi connectivity index (χ1) is 9.20. The van der Waals surface area contributed by atoms with Crippen LogP contribution in [0.5, 0.6) is 0 Å². The Kier molecular flexibility index (Phi) is 2.83. The Morgan fingerprint density at radius 3 is 3.16 bits per heavy atom. The number of benzene rings is 1. The summed E-state index contributed by atoms with van der Waals surface area (Å²) in [6.45, 7) is 2.93. The number of rotatable bonds is 4. The van der Waals surface area contributed by atoms with Crippen molar-refractivity contribution < 1.29 is 0 Å². The highest BCUT2D eigenvalue weighted by atomic mass is 15.2. The third-order valence-corrected chi connectivity index (χ3v) is 2.93. The number of nitrogen functional groups attached to an aromatic ring is 1. The van der Waals surface area contributed by atoms with Gasteiger partial charge in [-0.2, -0.15) is 0 Å². The Hall–Kier alpha value is -2.50. The van der Waals surface area contributed by atoms with E-state index in [1.165, 1.54) is 0 Å². The second kappa shape index (κ2) is 4.64. The van der Waals surface area contributed by atoms with Gasteiger partial charge in [0, 0.05) is 30.7 Å². The van der Waals surface area contributed by atoms with E-state index in [9.17, 15) is 0 Å². The molecule has 1 atom stereocenters. The van der Waals surface area contributed by atoms with Crippen LogP contribution in [-0.4, -0.2) is 25.6 Å². The molecule has 3 rings (SSSR count). The first kappa shape index (κ1) is 11.6. The number of hydrogen-bond donors (Lipinski definition) is 3. The topological polar surface area (TPSA) is 84.6 Å². The minimum Gasteiger partial charge on any atom is -0.399 e. The number of aromatic nitrogens is 4. The van der Waals surface area contributed by atoms with Crippen molar-refractivity contribution in [2.75, 3.05) is 11.1 Å². The molecule has 0 aliphatic rings. The number of imidazole rings is 2. The molecule has 0 radical (unpaired) electrons. The second-order valence-electron chi connectivity index (χ2n) is 4.67. The number of hydrogen-bond acceptors (Lipinski definition) is 4. The summed E-state index contributed by atoms with van der Waals surface area (Å²) in [4.78, 5) is 11.7. The summed E-state index contributed by atoms with van der Waals surface area (Å²) in [6, 6.07) is 5.88. The van der Waals surface area contributed by atoms with Gasteiger partial charge < -0.3 is 20.6 Å². The van der Waals surface area contributed by atoms with Gasteiger partial charge in [0.25, 0.3) is 0 Å². The maximum atomic E-state index is 5.75. The predicted molar refractivity (Wildman–Crippen MR) is 75.8 cm³/mol. The number of H-pyrrole nitrogens is 1. The molecule has 0 bridgehead atoms. The highest BCUT2D eigenvalue weighted by molar-refractivity contribution is 5.80. The Morgan fingerprint density at radius 2 is 2.37 bits per heavy atom. The quantitative estimate of drug-likeness (QED) is 0.622. The summed E-state index contributed by atoms with van der Waals surface area (Å²) in [5.74, 6) is 0.758. The summed E-state index contributed by atoms with van der Waals surface area (Å²) in [7, 11) is 0. The van der Waals surface area contributed by atoms with Crippen LogP contribution < -0.4 is 11.1 Å². The second-order valence-corrected chi connectivity index (χ2v) is 4.67. The highest BCUT2D eigenvalue weighted by Gasteiger charge is 2.07. The molecule has 0 fully saturated rings. The molecule has 0 saturated heterocycles. The van der Waals surface area contributed by atoms with Crippen molar-refractivity contribution in [2.45, 2.75) is 19.5 Å². The maximum Gasteiger partial charge on any atom is 0.201 e. The van der Waals surface area contributed by atoms with Crippen LogP contribution in [0, 0.1) is 0 Å². The largest absolute Gasteiger partial charge is 0.399 e. The normalized spacial score (nSPS) is 12.7. The molecule has 1 unspecified atom stereocenters. The lowest BCUT2D eigenvalue weighted by Crippen LogP contribution is -2.21. The van der Waals surface area contributed by atoms with E-state index in [4.69, 9.17) is 5.73 Å². The van der Waals surface area contributed by atoms with Gasteiger partial charge in [-0.1, -0.05) is 0 Å². The molecule has 1 aromatic carbocycles. The first-order valence-electron chi connectivity index (χ1n) is 6.18. The fraction of sp³-hybridized carbons (Fsp3) is 0.231. The summed E-state index contributed by atoms with van der Waals surface area (Å²) in [5, 5.41) is 3.33. The van der Waals surface area contributed by atoms with Crippen LogP contribution in [0.2, 0.25) is 0 Å². The van der Waals surface area contributed by atoms with Crippen LogP contribution in [0.25, 0.3) is 11.0 Å². The summed E-state index contributed by atoms with van der Waals surface area (Å²) < 4.78 is 2.03. The van der Waals surface area contributed by atoms with Crippen LogP contribution in [-0.2, 0) is 6.54 Å². The Labute approximate surface area is 110 Å². The van der Waals surface area contributed by atoms with E-state index in [2.05, 4.69) is 27.2 Å². The SMILES string of the molecule is CC(Cn1ccnc1)Nc1nc2ccc(N)cc2[nH]1. The van der Waals surface area contributed by atoms with Crippen molar-refractivity contribution in [3.63, 3.8) is 0 Å². The standard InChI is InChI=1S/C13H16N6/c1-9(7-19-5-4-15-8-19)16-13-17-11-3-2-10(14)6-12(11)18-13/h2-6,8-9H,7,14H2,1H3,(H2,16,17,18). The van der Waals surface area contributed by atoms with Crippen molar-refractivity contribution in [1.82, 2.24) is 19.5 Å². The van der Waals surface area contributed by atoms with Gasteiger partial charge >= 0.3 is 0 Å². The monoisotopic (exact) mass is 256 g/mol. The van der Waals surface area contributed by atoms with Gasteiger partial charge in [0.1, 0.15) is 0 Å². The van der Waals surface area contributed by atoms with Crippen LogP contribution in [0.15, 0.2) is 36.9 Å². The smallest absolute Gasteiger partial charge is 0.201 e. The molecular formula is C13H16N6. The molecule has 2 aromatic heterocycles. The lowest BCUT2D eigenvalue weighted by molar-refractivity contribution is 0.616. The molecule has 0 aliphatic heterocycles. The average Bonchev–Trinajstić information content (AvgIpc) is 2.97. The fourth-order valence-electron chi connectivity index (χ4n) is 2.09. The van der Waals surface area contributed by atoms with Gasteiger partial charge in [-0.25, -0.2) is 9.97 Å². The lowest BCUT2D eigenvalue weighted by Gasteiger charge is -2.13. The maximum absolute atomic E-state index is 5.75. The van der Waals surface area contributed by atoms with Gasteiger partial charge in [-0.3, -0.25) is 0 Å². The predicted octanol–water partition coefficient (Wildman–Crippen LogP) is 1.84. The number of aromatic amines is 1. The van der Waals surface area contributed by atoms with Crippen molar-refractivity contribution in [2.24, 2.45) is 0 Å². The average molecular weight is 256 g/mol. The molecule has 0 saturated carbocycles. The van der Waals surface area contributed by atoms with E-state index in [0.29, 0.717) is 0 Å². The van der Waals surface area contributed by atoms with Crippen molar-refractivity contribution >= 4 is 22.7 Å². The molecule has 0 amide bonds. The molecule has 2 heterocycles. The summed E-state index contributed by atoms with van der Waals surface area (Å²) in [5.41, 5.74) is 8.33. The molecule has 0 aliphatic carbocycles. The molecule has 6 nitrogen and oxygen atoms in total. The third-order valence-electron chi connectivity index (χ3n) is 2.93. The van der Waals surface area contributed by atoms with Gasteiger partial charge in [0.05, 0.1) is 17.4 Å². The third kappa shape index (κ3) is 2.52. The van der Waals surface area contributed by atoms with E-state index >= 15 is 0 Å². The summed E-state index contributed by atoms with van der Waals surface area (Å²) >= 11 is 0. The lowest BCUT2D eigenvalue weighted by atomic mass is 10.3. The van der Waals surface area contributed by atoms with E-state index in [1.54, 1.807) is 12.5 Å². The molecule has 6 heteroatoms. The minimum atomic E-state index is 0.243. The number of nitrogens with one attached hydrogen (secondary N) is 2. The van der Waals surface area contributed by atoms with Crippen molar-refractivity contribution in [3.8, 4) is 0 Å². The fourth-order valence-corrected chi connectivity index (χ4v) is 2.09. The van der Waals surface area contributed by atoms with E-state index in [-0.39, 0.29) is 6.04 Å². The zero-order chi connectivity index (χ0) is 13.2. The van der Waals surface area contributed by atoms with E-state index in [0.717, 1.165) is 29.2 Å². The Balaban J connectivity index is 1.74. The van der Waals surface area contributed by atoms with Crippen LogP contribution in [0.3, 0.4) is 0 Å². The van der Waals surface area contributed by atoms with Gasteiger partial charge in [-0.15, -0.1) is 0 Å². The number of nitrogens with zero attached hydrogens (tertiary/aromatic N) is 3. The van der Waals surface area contributed by atoms with Gasteiger partial charge in [0.15, 0.2) is 0 Å². The molecular weight excluding hydrogens is 240 g/mol. The molecule has 19 heavy (non-hydrogen) atoms. The highest BCUT2D eigenvalue weighted by Crippen LogP contribution is 2.17. The summed E-state index contributed by atoms with van der Waals surface area (Å²) in [6.07, 6.45) is 5.52. The molecule has 3 aromatic rings. The number of anilines is 2. The number of nitrogens with two attached hydrogens (primary N) is 1. The van der Waals surface area contributed by atoms with Gasteiger partial charge in [-0.05, 0) is 25.1 Å². The van der Waals surface area contributed by atoms with Crippen LogP contribution in [0.4, 0.5) is 11.6 Å².